The van der Waals surface area contributed by atoms with Crippen LogP contribution in [0.5, 0.6) is 17.2 Å². The molecule has 0 fully saturated rings. The maximum atomic E-state index is 13.1. The molecule has 1 aliphatic heterocycles. The monoisotopic (exact) mass is 462 g/mol. The Bertz CT molecular complexity index is 1130. The van der Waals surface area contributed by atoms with Gasteiger partial charge in [0.25, 0.3) is 0 Å². The number of benzene rings is 3. The summed E-state index contributed by atoms with van der Waals surface area (Å²) < 4.78 is 22.5. The molecule has 0 radical (unpaired) electrons. The predicted octanol–water partition coefficient (Wildman–Crippen LogP) is 5.16. The van der Waals surface area contributed by atoms with Crippen LogP contribution in [0, 0.1) is 6.92 Å². The van der Waals surface area contributed by atoms with E-state index in [1.54, 1.807) is 37.3 Å². The van der Waals surface area contributed by atoms with Gasteiger partial charge in [0.15, 0.2) is 0 Å². The average Bonchev–Trinajstić information content (AvgIpc) is 3.07. The van der Waals surface area contributed by atoms with E-state index in [0.717, 1.165) is 22.4 Å². The van der Waals surface area contributed by atoms with Crippen LogP contribution in [0.3, 0.4) is 0 Å². The summed E-state index contributed by atoms with van der Waals surface area (Å²) in [5.41, 5.74) is 4.90. The van der Waals surface area contributed by atoms with Crippen LogP contribution in [-0.2, 0) is 24.5 Å². The van der Waals surface area contributed by atoms with Crippen LogP contribution >= 0.6 is 0 Å². The predicted molar refractivity (Wildman–Crippen MR) is 131 cm³/mol. The van der Waals surface area contributed by atoms with Gasteiger partial charge in [-0.1, -0.05) is 35.9 Å². The zero-order valence-electron chi connectivity index (χ0n) is 19.8. The summed E-state index contributed by atoms with van der Waals surface area (Å²) in [6.45, 7) is 4.41. The maximum Gasteiger partial charge on any atom is 0.322 e. The van der Waals surface area contributed by atoms with E-state index in [4.69, 9.17) is 18.9 Å². The Kier molecular flexibility index (Phi) is 7.54. The standard InChI is InChI=1S/C27H30N2O5/c1-19-4-6-20(7-5-19)17-33-18-21-8-10-25-22(14-21)16-29(12-13-34-25)27(30)28-24-15-23(31-2)9-11-26(24)32-3/h4-11,14-15H,12-13,16-18H2,1-3H3,(H,28,30). The Labute approximate surface area is 200 Å². The minimum Gasteiger partial charge on any atom is -0.497 e. The average molecular weight is 463 g/mol. The fourth-order valence-electron chi connectivity index (χ4n) is 3.79. The van der Waals surface area contributed by atoms with Gasteiger partial charge in [-0.2, -0.15) is 0 Å². The molecule has 4 rings (SSSR count). The summed E-state index contributed by atoms with van der Waals surface area (Å²) in [7, 11) is 3.15. The number of carbonyl (C=O) groups is 1. The summed E-state index contributed by atoms with van der Waals surface area (Å²) in [6, 6.07) is 19.4. The van der Waals surface area contributed by atoms with Crippen molar-refractivity contribution in [2.45, 2.75) is 26.7 Å². The highest BCUT2D eigenvalue weighted by Gasteiger charge is 2.21. The van der Waals surface area contributed by atoms with E-state index in [9.17, 15) is 4.79 Å². The smallest absolute Gasteiger partial charge is 0.322 e. The Hall–Kier alpha value is -3.71. The van der Waals surface area contributed by atoms with E-state index in [-0.39, 0.29) is 6.03 Å². The Morgan fingerprint density at radius 3 is 2.50 bits per heavy atom. The van der Waals surface area contributed by atoms with Crippen molar-refractivity contribution in [1.82, 2.24) is 4.90 Å². The summed E-state index contributed by atoms with van der Waals surface area (Å²) >= 11 is 0. The van der Waals surface area contributed by atoms with Gasteiger partial charge in [-0.25, -0.2) is 4.79 Å². The summed E-state index contributed by atoms with van der Waals surface area (Å²) in [4.78, 5) is 14.8. The minimum atomic E-state index is -0.232. The molecule has 1 aliphatic rings. The number of nitrogens with zero attached hydrogens (tertiary/aromatic N) is 1. The second-order valence-electron chi connectivity index (χ2n) is 8.19. The first-order valence-electron chi connectivity index (χ1n) is 11.2. The molecule has 178 valence electrons. The Balaban J connectivity index is 1.41. The number of aryl methyl sites for hydroxylation is 1. The normalized spacial score (nSPS) is 12.9. The van der Waals surface area contributed by atoms with Crippen molar-refractivity contribution in [1.29, 1.82) is 0 Å². The van der Waals surface area contributed by atoms with Crippen LogP contribution < -0.4 is 19.5 Å². The highest BCUT2D eigenvalue weighted by Crippen LogP contribution is 2.30. The lowest BCUT2D eigenvalue weighted by Gasteiger charge is -2.21. The number of rotatable bonds is 7. The highest BCUT2D eigenvalue weighted by molar-refractivity contribution is 5.91. The molecule has 0 aromatic heterocycles. The molecule has 34 heavy (non-hydrogen) atoms. The molecule has 0 spiro atoms. The van der Waals surface area contributed by atoms with E-state index >= 15 is 0 Å². The van der Waals surface area contributed by atoms with Crippen molar-refractivity contribution in [3.63, 3.8) is 0 Å². The molecule has 3 aromatic carbocycles. The van der Waals surface area contributed by atoms with Crippen LogP contribution in [0.25, 0.3) is 0 Å². The van der Waals surface area contributed by atoms with Crippen molar-refractivity contribution in [2.75, 3.05) is 32.7 Å². The highest BCUT2D eigenvalue weighted by atomic mass is 16.5. The number of hydrogen-bond acceptors (Lipinski definition) is 5. The number of amides is 2. The van der Waals surface area contributed by atoms with Crippen LogP contribution in [0.4, 0.5) is 10.5 Å². The molecule has 7 heteroatoms. The quantitative estimate of drug-likeness (QED) is 0.526. The summed E-state index contributed by atoms with van der Waals surface area (Å²) in [5, 5.41) is 2.94. The van der Waals surface area contributed by atoms with E-state index in [2.05, 4.69) is 36.5 Å². The van der Waals surface area contributed by atoms with Gasteiger partial charge in [-0.3, -0.25) is 0 Å². The topological polar surface area (TPSA) is 69.3 Å². The SMILES string of the molecule is COc1ccc(OC)c(NC(=O)N2CCOc3ccc(COCc4ccc(C)cc4)cc3C2)c1. The number of ether oxygens (including phenoxy) is 4. The number of hydrogen-bond donors (Lipinski definition) is 1. The van der Waals surface area contributed by atoms with Crippen LogP contribution in [0.15, 0.2) is 60.7 Å². The molecule has 0 atom stereocenters. The fourth-order valence-corrected chi connectivity index (χ4v) is 3.79. The third-order valence-corrected chi connectivity index (χ3v) is 5.70. The van der Waals surface area contributed by atoms with Crippen molar-refractivity contribution in [3.05, 3.63) is 82.9 Å². The number of anilines is 1. The third-order valence-electron chi connectivity index (χ3n) is 5.70. The molecule has 0 saturated carbocycles. The van der Waals surface area contributed by atoms with E-state index < -0.39 is 0 Å². The number of carbonyl (C=O) groups excluding carboxylic acids is 1. The fraction of sp³-hybridized carbons (Fsp3) is 0.296. The van der Waals surface area contributed by atoms with Gasteiger partial charge < -0.3 is 29.2 Å². The van der Waals surface area contributed by atoms with Crippen molar-refractivity contribution in [2.24, 2.45) is 0 Å². The number of fused-ring (bicyclic) bond motifs is 1. The number of methoxy groups -OCH3 is 2. The van der Waals surface area contributed by atoms with Crippen LogP contribution in [-0.4, -0.2) is 38.3 Å². The number of nitrogens with one attached hydrogen (secondary N) is 1. The first-order chi connectivity index (χ1) is 16.6. The molecular weight excluding hydrogens is 432 g/mol. The molecule has 7 nitrogen and oxygen atoms in total. The first kappa shape index (κ1) is 23.4. The van der Waals surface area contributed by atoms with Gasteiger partial charge in [-0.05, 0) is 42.3 Å². The zero-order chi connectivity index (χ0) is 23.9. The van der Waals surface area contributed by atoms with Crippen molar-refractivity contribution < 1.29 is 23.7 Å². The van der Waals surface area contributed by atoms with Gasteiger partial charge >= 0.3 is 6.03 Å². The van der Waals surface area contributed by atoms with Gasteiger partial charge in [0.2, 0.25) is 0 Å². The maximum absolute atomic E-state index is 13.1. The van der Waals surface area contributed by atoms with Gasteiger partial charge in [-0.15, -0.1) is 0 Å². The van der Waals surface area contributed by atoms with Gasteiger partial charge in [0.05, 0.1) is 46.2 Å². The van der Waals surface area contributed by atoms with Crippen molar-refractivity contribution >= 4 is 11.7 Å². The molecule has 1 N–H and O–H groups in total. The second kappa shape index (κ2) is 10.9. The van der Waals surface area contributed by atoms with E-state index in [1.807, 2.05) is 18.2 Å². The van der Waals surface area contributed by atoms with E-state index in [0.29, 0.717) is 50.1 Å². The first-order valence-corrected chi connectivity index (χ1v) is 11.2. The molecule has 0 unspecified atom stereocenters. The lowest BCUT2D eigenvalue weighted by molar-refractivity contribution is 0.107. The molecule has 0 aliphatic carbocycles. The lowest BCUT2D eigenvalue weighted by Crippen LogP contribution is -2.36. The zero-order valence-corrected chi connectivity index (χ0v) is 19.8. The van der Waals surface area contributed by atoms with E-state index in [1.165, 1.54) is 5.56 Å². The van der Waals surface area contributed by atoms with Gasteiger partial charge in [0, 0.05) is 11.6 Å². The van der Waals surface area contributed by atoms with Crippen molar-refractivity contribution in [3.8, 4) is 17.2 Å². The largest absolute Gasteiger partial charge is 0.497 e. The molecular formula is C27H30N2O5. The minimum absolute atomic E-state index is 0.232. The molecule has 1 heterocycles. The molecule has 0 saturated heterocycles. The van der Waals surface area contributed by atoms with Crippen LogP contribution in [0.1, 0.15) is 22.3 Å². The van der Waals surface area contributed by atoms with Gasteiger partial charge in [0.1, 0.15) is 23.9 Å². The third kappa shape index (κ3) is 5.80. The second-order valence-corrected chi connectivity index (χ2v) is 8.19. The molecule has 2 amide bonds. The lowest BCUT2D eigenvalue weighted by atomic mass is 10.1. The Morgan fingerprint density at radius 1 is 0.971 bits per heavy atom. The summed E-state index contributed by atoms with van der Waals surface area (Å²) in [6.07, 6.45) is 0. The molecule has 0 bridgehead atoms. The Morgan fingerprint density at radius 2 is 1.74 bits per heavy atom. The summed E-state index contributed by atoms with van der Waals surface area (Å²) in [5.74, 6) is 1.99. The number of urea groups is 1. The molecule has 3 aromatic rings. The van der Waals surface area contributed by atoms with Crippen LogP contribution in [0.2, 0.25) is 0 Å².